The zero-order valence-electron chi connectivity index (χ0n) is 16.4. The summed E-state index contributed by atoms with van der Waals surface area (Å²) in [5.41, 5.74) is -2.07. The molecule has 2 heterocycles. The number of nitrogens with zero attached hydrogens (tertiary/aromatic N) is 1. The molecule has 0 aromatic rings. The van der Waals surface area contributed by atoms with Gasteiger partial charge in [-0.15, -0.1) is 0 Å². The van der Waals surface area contributed by atoms with Gasteiger partial charge in [0, 0.05) is 5.70 Å². The highest BCUT2D eigenvalue weighted by molar-refractivity contribution is 6.17. The molecule has 0 radical (unpaired) electrons. The molecule has 1 atom stereocenters. The molecular weight excluding hydrogens is 370 g/mol. The highest BCUT2D eigenvalue weighted by atomic mass is 16.5. The van der Waals surface area contributed by atoms with Crippen molar-refractivity contribution in [2.75, 3.05) is 28.4 Å². The van der Waals surface area contributed by atoms with E-state index in [-0.39, 0.29) is 11.3 Å². The van der Waals surface area contributed by atoms with Gasteiger partial charge in [0.2, 0.25) is 0 Å². The van der Waals surface area contributed by atoms with Crippen LogP contribution in [0.25, 0.3) is 0 Å². The van der Waals surface area contributed by atoms with Crippen molar-refractivity contribution >= 4 is 23.9 Å². The fraction of sp³-hybridized carbons (Fsp3) is 0.368. The van der Waals surface area contributed by atoms with Crippen molar-refractivity contribution in [3.63, 3.8) is 0 Å². The molecule has 2 aliphatic heterocycles. The Hall–Kier alpha value is -3.36. The molecule has 9 heteroatoms. The van der Waals surface area contributed by atoms with Crippen LogP contribution in [-0.2, 0) is 38.1 Å². The summed E-state index contributed by atoms with van der Waals surface area (Å²) in [6.45, 7) is 3.28. The van der Waals surface area contributed by atoms with E-state index in [9.17, 15) is 19.2 Å². The molecule has 0 N–H and O–H groups in total. The lowest BCUT2D eigenvalue weighted by Gasteiger charge is -2.47. The van der Waals surface area contributed by atoms with Crippen LogP contribution in [0.5, 0.6) is 0 Å². The largest absolute Gasteiger partial charge is 0.466 e. The summed E-state index contributed by atoms with van der Waals surface area (Å²) in [6, 6.07) is 0. The molecule has 2 rings (SSSR count). The monoisotopic (exact) mass is 391 g/mol. The Balaban J connectivity index is 3.09. The summed E-state index contributed by atoms with van der Waals surface area (Å²) in [6.07, 6.45) is 4.95. The number of esters is 4. The molecule has 0 aliphatic carbocycles. The molecule has 9 nitrogen and oxygen atoms in total. The van der Waals surface area contributed by atoms with Crippen molar-refractivity contribution in [1.82, 2.24) is 4.90 Å². The molecule has 0 bridgehead atoms. The molecule has 150 valence electrons. The Morgan fingerprint density at radius 2 is 1.32 bits per heavy atom. The third-order valence-electron chi connectivity index (χ3n) is 4.59. The first kappa shape index (κ1) is 20.9. The van der Waals surface area contributed by atoms with E-state index >= 15 is 0 Å². The molecule has 0 saturated carbocycles. The summed E-state index contributed by atoms with van der Waals surface area (Å²) in [5.74, 6) is -3.76. The molecule has 0 saturated heterocycles. The summed E-state index contributed by atoms with van der Waals surface area (Å²) in [5, 5.41) is 0. The molecule has 0 amide bonds. The van der Waals surface area contributed by atoms with Gasteiger partial charge in [-0.25, -0.2) is 19.2 Å². The van der Waals surface area contributed by atoms with Crippen LogP contribution in [0.3, 0.4) is 0 Å². The minimum atomic E-state index is -1.32. The van der Waals surface area contributed by atoms with E-state index in [2.05, 4.69) is 0 Å². The number of allylic oxidation sites excluding steroid dienone is 3. The Kier molecular flexibility index (Phi) is 5.77. The second-order valence-electron chi connectivity index (χ2n) is 6.09. The highest BCUT2D eigenvalue weighted by Gasteiger charge is 2.53. The van der Waals surface area contributed by atoms with Crippen LogP contribution in [0.15, 0.2) is 46.3 Å². The van der Waals surface area contributed by atoms with Gasteiger partial charge in [-0.3, -0.25) is 0 Å². The van der Waals surface area contributed by atoms with Gasteiger partial charge in [0.25, 0.3) is 0 Å². The van der Waals surface area contributed by atoms with Crippen molar-refractivity contribution < 1.29 is 38.1 Å². The lowest BCUT2D eigenvalue weighted by Crippen LogP contribution is -2.54. The number of carbonyl (C=O) groups excluding carboxylic acids is 4. The van der Waals surface area contributed by atoms with Crippen LogP contribution in [0.1, 0.15) is 13.8 Å². The summed E-state index contributed by atoms with van der Waals surface area (Å²) < 4.78 is 19.3. The Morgan fingerprint density at radius 3 is 1.82 bits per heavy atom. The van der Waals surface area contributed by atoms with Crippen molar-refractivity contribution in [2.45, 2.75) is 19.4 Å². The first-order chi connectivity index (χ1) is 13.2. The first-order valence-electron chi connectivity index (χ1n) is 8.18. The average Bonchev–Trinajstić information content (AvgIpc) is 2.69. The zero-order valence-corrected chi connectivity index (χ0v) is 16.4. The molecular formula is C19H21NO8. The minimum absolute atomic E-state index is 0.168. The van der Waals surface area contributed by atoms with Crippen LogP contribution in [0, 0.1) is 0 Å². The number of carbonyl (C=O) groups is 4. The van der Waals surface area contributed by atoms with Gasteiger partial charge in [-0.2, -0.15) is 0 Å². The second-order valence-corrected chi connectivity index (χ2v) is 6.09. The number of fused-ring (bicyclic) bond motifs is 1. The molecule has 0 spiro atoms. The number of ether oxygens (including phenoxy) is 4. The van der Waals surface area contributed by atoms with E-state index in [0.717, 1.165) is 28.4 Å². The molecule has 1 unspecified atom stereocenters. The van der Waals surface area contributed by atoms with E-state index in [0.29, 0.717) is 5.70 Å². The maximum atomic E-state index is 12.7. The van der Waals surface area contributed by atoms with Gasteiger partial charge < -0.3 is 23.8 Å². The third kappa shape index (κ3) is 2.98. The molecule has 0 fully saturated rings. The summed E-state index contributed by atoms with van der Waals surface area (Å²) >= 11 is 0. The first-order valence-corrected chi connectivity index (χ1v) is 8.18. The van der Waals surface area contributed by atoms with E-state index in [1.807, 2.05) is 0 Å². The normalized spacial score (nSPS) is 20.9. The van der Waals surface area contributed by atoms with Crippen LogP contribution < -0.4 is 0 Å². The number of methoxy groups -OCH3 is 4. The Labute approximate surface area is 161 Å². The summed E-state index contributed by atoms with van der Waals surface area (Å²) in [7, 11) is 4.46. The van der Waals surface area contributed by atoms with Crippen molar-refractivity contribution in [2.24, 2.45) is 0 Å². The van der Waals surface area contributed by atoms with E-state index in [4.69, 9.17) is 18.9 Å². The van der Waals surface area contributed by atoms with E-state index in [1.54, 1.807) is 32.1 Å². The van der Waals surface area contributed by atoms with Gasteiger partial charge in [0.1, 0.15) is 11.3 Å². The molecule has 28 heavy (non-hydrogen) atoms. The lowest BCUT2D eigenvalue weighted by atomic mass is 9.77. The molecule has 2 aliphatic rings. The number of hydrogen-bond donors (Lipinski definition) is 0. The third-order valence-corrected chi connectivity index (χ3v) is 4.59. The van der Waals surface area contributed by atoms with Gasteiger partial charge in [-0.1, -0.05) is 12.2 Å². The van der Waals surface area contributed by atoms with Gasteiger partial charge >= 0.3 is 23.9 Å². The molecule has 0 aromatic carbocycles. The van der Waals surface area contributed by atoms with Gasteiger partial charge in [0.05, 0.1) is 45.1 Å². The summed E-state index contributed by atoms with van der Waals surface area (Å²) in [4.78, 5) is 52.1. The maximum Gasteiger partial charge on any atom is 0.355 e. The van der Waals surface area contributed by atoms with Crippen LogP contribution in [0.4, 0.5) is 0 Å². The fourth-order valence-corrected chi connectivity index (χ4v) is 3.41. The smallest absolute Gasteiger partial charge is 0.355 e. The quantitative estimate of drug-likeness (QED) is 0.507. The van der Waals surface area contributed by atoms with Crippen LogP contribution in [0.2, 0.25) is 0 Å². The number of hydrogen-bond acceptors (Lipinski definition) is 9. The molecule has 0 aromatic heterocycles. The van der Waals surface area contributed by atoms with Gasteiger partial charge in [-0.05, 0) is 19.9 Å². The average molecular weight is 391 g/mol. The van der Waals surface area contributed by atoms with E-state index in [1.165, 1.54) is 4.90 Å². The van der Waals surface area contributed by atoms with Crippen LogP contribution >= 0.6 is 0 Å². The van der Waals surface area contributed by atoms with Crippen LogP contribution in [-0.4, -0.2) is 62.8 Å². The SMILES string of the molecule is COC(=O)C1=C(C(=O)OC)N2C(C)=CC=CC2(C)C(C(=O)OC)=C1C(=O)OC. The standard InChI is InChI=1S/C19H21NO8/c1-10-8-7-9-19(2)13(17(23)27-5)11(15(21)25-3)12(16(22)26-4)14(20(10)19)18(24)28-6/h7-9H,1-6H3. The fourth-order valence-electron chi connectivity index (χ4n) is 3.41. The van der Waals surface area contributed by atoms with Crippen molar-refractivity contribution in [1.29, 1.82) is 0 Å². The number of rotatable bonds is 4. The minimum Gasteiger partial charge on any atom is -0.466 e. The van der Waals surface area contributed by atoms with E-state index < -0.39 is 40.6 Å². The predicted octanol–water partition coefficient (Wildman–Crippen LogP) is 0.777. The maximum absolute atomic E-state index is 12.7. The van der Waals surface area contributed by atoms with Crippen molar-refractivity contribution in [3.8, 4) is 0 Å². The lowest BCUT2D eigenvalue weighted by molar-refractivity contribution is -0.144. The Bertz CT molecular complexity index is 876. The zero-order chi connectivity index (χ0) is 21.2. The van der Waals surface area contributed by atoms with Crippen molar-refractivity contribution in [3.05, 3.63) is 46.3 Å². The second kappa shape index (κ2) is 7.71. The topological polar surface area (TPSA) is 108 Å². The van der Waals surface area contributed by atoms with Gasteiger partial charge in [0.15, 0.2) is 0 Å². The Morgan fingerprint density at radius 1 is 0.821 bits per heavy atom. The predicted molar refractivity (Wildman–Crippen MR) is 95.3 cm³/mol. The highest BCUT2D eigenvalue weighted by Crippen LogP contribution is 2.45.